The molecule has 1 aliphatic carbocycles. The van der Waals surface area contributed by atoms with Crippen LogP contribution in [-0.4, -0.2) is 16.1 Å². The van der Waals surface area contributed by atoms with Crippen LogP contribution < -0.4 is 20.2 Å². The first-order chi connectivity index (χ1) is 33.0. The third-order valence-electron chi connectivity index (χ3n) is 15.3. The molecule has 9 aromatic carbocycles. The van der Waals surface area contributed by atoms with Crippen molar-refractivity contribution >= 4 is 71.4 Å². The second-order valence-corrected chi connectivity index (χ2v) is 31.9. The normalized spacial score (nSPS) is 13.0. The number of anilines is 6. The van der Waals surface area contributed by atoms with Gasteiger partial charge in [0.05, 0.1) is 27.3 Å². The molecule has 0 radical (unpaired) electrons. The lowest BCUT2D eigenvalue weighted by Crippen LogP contribution is -2.37. The van der Waals surface area contributed by atoms with E-state index in [2.05, 4.69) is 273 Å². The van der Waals surface area contributed by atoms with Gasteiger partial charge in [0.25, 0.3) is 0 Å². The summed E-state index contributed by atoms with van der Waals surface area (Å²) >= 11 is 0. The van der Waals surface area contributed by atoms with Gasteiger partial charge in [-0.25, -0.2) is 0 Å². The van der Waals surface area contributed by atoms with Crippen LogP contribution in [0.4, 0.5) is 34.1 Å². The molecule has 9 aromatic rings. The Labute approximate surface area is 414 Å². The van der Waals surface area contributed by atoms with E-state index < -0.39 is 21.6 Å². The number of hydrogen-bond acceptors (Lipinski definition) is 2. The first kappa shape index (κ1) is 46.0. The number of hydrogen-bond donors (Lipinski definition) is 0. The van der Waals surface area contributed by atoms with Crippen LogP contribution in [0.1, 0.15) is 55.6 Å². The van der Waals surface area contributed by atoms with Gasteiger partial charge in [0, 0.05) is 33.8 Å². The Morgan fingerprint density at radius 1 is 0.348 bits per heavy atom. The van der Waals surface area contributed by atoms with E-state index in [0.29, 0.717) is 0 Å². The zero-order chi connectivity index (χ0) is 48.6. The second-order valence-electron chi connectivity index (χ2n) is 21.7. The fourth-order valence-electron chi connectivity index (χ4n) is 11.0. The van der Waals surface area contributed by atoms with Crippen molar-refractivity contribution in [2.45, 2.75) is 86.2 Å². The lowest BCUT2D eigenvalue weighted by Gasteiger charge is -2.36. The molecule has 0 N–H and O–H groups in total. The summed E-state index contributed by atoms with van der Waals surface area (Å²) in [7, 11) is -3.10. The largest absolute Gasteiger partial charge is 0.310 e. The van der Waals surface area contributed by atoms with Gasteiger partial charge >= 0.3 is 0 Å². The van der Waals surface area contributed by atoms with Crippen LogP contribution >= 0.6 is 0 Å². The topological polar surface area (TPSA) is 6.48 Å². The molecule has 0 aromatic heterocycles. The summed E-state index contributed by atoms with van der Waals surface area (Å²) in [6.45, 7) is 28.1. The summed E-state index contributed by atoms with van der Waals surface area (Å²) in [4.78, 5) is 5.04. The third kappa shape index (κ3) is 7.88. The van der Waals surface area contributed by atoms with Crippen LogP contribution in [0, 0.1) is 41.5 Å². The molecule has 0 aliphatic heterocycles. The van der Waals surface area contributed by atoms with Crippen LogP contribution in [0.15, 0.2) is 182 Å². The van der Waals surface area contributed by atoms with E-state index >= 15 is 0 Å². The monoisotopic (exact) mass is 930 g/mol. The molecule has 0 atom stereocenters. The highest BCUT2D eigenvalue weighted by Crippen LogP contribution is 2.61. The third-order valence-corrected chi connectivity index (χ3v) is 19.5. The molecule has 1 aliphatic rings. The molecular weight excluding hydrogens is 865 g/mol. The summed E-state index contributed by atoms with van der Waals surface area (Å²) in [5.41, 5.74) is 21.8. The Hall–Kier alpha value is -6.73. The highest BCUT2D eigenvalue weighted by atomic mass is 28.3. The summed E-state index contributed by atoms with van der Waals surface area (Å²) < 4.78 is 0. The number of rotatable bonds is 10. The Kier molecular flexibility index (Phi) is 11.6. The van der Waals surface area contributed by atoms with Gasteiger partial charge < -0.3 is 9.80 Å². The molecule has 10 rings (SSSR count). The molecule has 0 unspecified atom stereocenters. The molecular formula is C65H66N2Si2. The van der Waals surface area contributed by atoms with Crippen molar-refractivity contribution in [1.29, 1.82) is 0 Å². The van der Waals surface area contributed by atoms with Crippen LogP contribution in [0.3, 0.4) is 0 Å². The van der Waals surface area contributed by atoms with Gasteiger partial charge in [0.15, 0.2) is 0 Å². The molecule has 0 bridgehead atoms. The predicted octanol–water partition coefficient (Wildman–Crippen LogP) is 17.1. The van der Waals surface area contributed by atoms with Crippen molar-refractivity contribution in [3.8, 4) is 11.1 Å². The maximum Gasteiger partial charge on any atom is 0.0775 e. The molecule has 2 nitrogen and oxygen atoms in total. The zero-order valence-corrected chi connectivity index (χ0v) is 44.7. The number of benzene rings is 9. The smallest absolute Gasteiger partial charge is 0.0775 e. The molecule has 0 heterocycles. The fraction of sp³-hybridized carbons (Fsp3) is 0.200. The lowest BCUT2D eigenvalue weighted by molar-refractivity contribution is 0.769. The molecule has 0 saturated heterocycles. The number of aryl methyl sites for hydroxylation is 4. The van der Waals surface area contributed by atoms with Crippen LogP contribution in [0.2, 0.25) is 39.3 Å². The van der Waals surface area contributed by atoms with Crippen molar-refractivity contribution < 1.29 is 0 Å². The lowest BCUT2D eigenvalue weighted by atomic mass is 9.67. The number of fused-ring (bicyclic) bond motifs is 5. The quantitative estimate of drug-likeness (QED) is 0.126. The maximum absolute atomic E-state index is 2.56. The van der Waals surface area contributed by atoms with Crippen molar-refractivity contribution in [1.82, 2.24) is 0 Å². The minimum atomic E-state index is -1.56. The zero-order valence-electron chi connectivity index (χ0n) is 42.7. The second kappa shape index (κ2) is 17.3. The average Bonchev–Trinajstić information content (AvgIpc) is 3.63. The predicted molar refractivity (Wildman–Crippen MR) is 305 cm³/mol. The van der Waals surface area contributed by atoms with Gasteiger partial charge in [0.1, 0.15) is 0 Å². The van der Waals surface area contributed by atoms with Gasteiger partial charge in [-0.2, -0.15) is 0 Å². The van der Waals surface area contributed by atoms with Crippen molar-refractivity contribution in [3.05, 3.63) is 238 Å². The van der Waals surface area contributed by atoms with E-state index in [1.54, 1.807) is 0 Å². The molecule has 69 heavy (non-hydrogen) atoms. The van der Waals surface area contributed by atoms with E-state index in [1.807, 2.05) is 0 Å². The minimum absolute atomic E-state index is 0.666. The standard InChI is InChI=1S/C65H66N2Si2/c1-43-37-54(38-44(2)47(43)5)66(51-27-32-56(33-28-51)68(7,8)9)53-31-36-60-61(41-53)65(49-21-15-13-16-22-49,50-23-17-14-18-24-50)62-42-63(58-25-19-20-26-59(58)64(60)62)67(55-39-45(3)48(6)46(4)40-55)52-29-34-57(35-30-52)69(10,11)12/h13-42H,1-12H3. The van der Waals surface area contributed by atoms with E-state index in [-0.39, 0.29) is 0 Å². The summed E-state index contributed by atoms with van der Waals surface area (Å²) in [5, 5.41) is 5.39. The Morgan fingerprint density at radius 3 is 1.22 bits per heavy atom. The highest BCUT2D eigenvalue weighted by molar-refractivity contribution is 6.89. The molecule has 0 fully saturated rings. The van der Waals surface area contributed by atoms with E-state index in [0.717, 1.165) is 17.1 Å². The van der Waals surface area contributed by atoms with E-state index in [1.165, 1.54) is 105 Å². The summed E-state index contributed by atoms with van der Waals surface area (Å²) in [5.74, 6) is 0. The SMILES string of the molecule is Cc1cc(N(c2ccc([Si](C)(C)C)cc2)c2ccc3c(c2)C(c2ccccc2)(c2ccccc2)c2cc(N(c4ccc([Si](C)(C)C)cc4)c4cc(C)c(C)c(C)c4)c4ccccc4c2-3)cc(C)c1C. The Balaban J connectivity index is 1.31. The van der Waals surface area contributed by atoms with E-state index in [4.69, 9.17) is 0 Å². The Morgan fingerprint density at radius 2 is 0.754 bits per heavy atom. The van der Waals surface area contributed by atoms with Crippen molar-refractivity contribution in [2.24, 2.45) is 0 Å². The summed E-state index contributed by atoms with van der Waals surface area (Å²) in [6, 6.07) is 70.1. The van der Waals surface area contributed by atoms with Gasteiger partial charge in [0.2, 0.25) is 0 Å². The summed E-state index contributed by atoms with van der Waals surface area (Å²) in [6.07, 6.45) is 0. The maximum atomic E-state index is 2.56. The average molecular weight is 931 g/mol. The van der Waals surface area contributed by atoms with E-state index in [9.17, 15) is 0 Å². The van der Waals surface area contributed by atoms with Crippen molar-refractivity contribution in [3.63, 3.8) is 0 Å². The molecule has 4 heteroatoms. The fourth-order valence-corrected chi connectivity index (χ4v) is 13.3. The van der Waals surface area contributed by atoms with Crippen LogP contribution in [-0.2, 0) is 5.41 Å². The molecule has 344 valence electrons. The first-order valence-corrected chi connectivity index (χ1v) is 31.8. The van der Waals surface area contributed by atoms with Gasteiger partial charge in [-0.1, -0.05) is 165 Å². The van der Waals surface area contributed by atoms with Gasteiger partial charge in [-0.05, 0) is 180 Å². The highest BCUT2D eigenvalue weighted by Gasteiger charge is 2.48. The van der Waals surface area contributed by atoms with Gasteiger partial charge in [-0.3, -0.25) is 0 Å². The van der Waals surface area contributed by atoms with Crippen molar-refractivity contribution in [2.75, 3.05) is 9.80 Å². The Bertz CT molecular complexity index is 3310. The van der Waals surface area contributed by atoms with Gasteiger partial charge in [-0.15, -0.1) is 0 Å². The first-order valence-electron chi connectivity index (χ1n) is 24.8. The molecule has 0 saturated carbocycles. The molecule has 0 amide bonds. The minimum Gasteiger partial charge on any atom is -0.310 e. The molecule has 0 spiro atoms. The number of nitrogens with zero attached hydrogens (tertiary/aromatic N) is 2. The van der Waals surface area contributed by atoms with Crippen LogP contribution in [0.5, 0.6) is 0 Å². The van der Waals surface area contributed by atoms with Crippen LogP contribution in [0.25, 0.3) is 21.9 Å².